The molecule has 0 aromatic heterocycles. The number of rotatable bonds is 9. The molecular formula is C27H30F3NO5. The molecule has 0 fully saturated rings. The van der Waals surface area contributed by atoms with Gasteiger partial charge < -0.3 is 19.5 Å². The topological polar surface area (TPSA) is 73.9 Å². The average molecular weight is 506 g/mol. The zero-order valence-corrected chi connectivity index (χ0v) is 21.0. The summed E-state index contributed by atoms with van der Waals surface area (Å²) in [7, 11) is 1.57. The number of carbonyl (C=O) groups is 2. The van der Waals surface area contributed by atoms with Crippen molar-refractivity contribution in [2.24, 2.45) is 0 Å². The summed E-state index contributed by atoms with van der Waals surface area (Å²) in [6.45, 7) is 7.83. The molecule has 2 aromatic rings. The fourth-order valence-electron chi connectivity index (χ4n) is 4.14. The van der Waals surface area contributed by atoms with Gasteiger partial charge in [0.25, 0.3) is 0 Å². The van der Waals surface area contributed by atoms with E-state index in [0.29, 0.717) is 29.8 Å². The Kier molecular flexibility index (Phi) is 8.32. The third-order valence-electron chi connectivity index (χ3n) is 5.90. The van der Waals surface area contributed by atoms with Gasteiger partial charge in [0, 0.05) is 23.6 Å². The number of allylic oxidation sites excluding steroid dienone is 2. The predicted molar refractivity (Wildman–Crippen MR) is 129 cm³/mol. The van der Waals surface area contributed by atoms with Crippen molar-refractivity contribution in [3.05, 3.63) is 63.7 Å². The SMILES string of the molecule is COc1c(C)c2c(c(NC(C)C)c1C/C=C(\C)CCC(=O)Oc1ccccc1C(F)(F)F)C(=O)OC2. The first kappa shape index (κ1) is 27.1. The van der Waals surface area contributed by atoms with Gasteiger partial charge in [0.15, 0.2) is 0 Å². The first-order valence-corrected chi connectivity index (χ1v) is 11.6. The van der Waals surface area contributed by atoms with E-state index in [1.807, 2.05) is 33.8 Å². The average Bonchev–Trinajstić information content (AvgIpc) is 3.19. The number of esters is 2. The zero-order valence-electron chi connectivity index (χ0n) is 21.0. The molecule has 0 saturated heterocycles. The van der Waals surface area contributed by atoms with Crippen LogP contribution in [0.5, 0.6) is 11.5 Å². The van der Waals surface area contributed by atoms with Gasteiger partial charge in [-0.2, -0.15) is 13.2 Å². The van der Waals surface area contributed by atoms with Gasteiger partial charge in [-0.05, 0) is 58.2 Å². The van der Waals surface area contributed by atoms with Crippen molar-refractivity contribution in [3.63, 3.8) is 0 Å². The molecule has 6 nitrogen and oxygen atoms in total. The number of hydrogen-bond donors (Lipinski definition) is 1. The molecule has 0 bridgehead atoms. The van der Waals surface area contributed by atoms with E-state index in [1.165, 1.54) is 12.1 Å². The predicted octanol–water partition coefficient (Wildman–Crippen LogP) is 6.39. The number of para-hydroxylation sites is 1. The summed E-state index contributed by atoms with van der Waals surface area (Å²) in [5.41, 5.74) is 3.45. The number of carbonyl (C=O) groups excluding carboxylic acids is 2. The van der Waals surface area contributed by atoms with E-state index in [4.69, 9.17) is 14.2 Å². The first-order chi connectivity index (χ1) is 16.9. The van der Waals surface area contributed by atoms with E-state index >= 15 is 0 Å². The maximum Gasteiger partial charge on any atom is 0.419 e. The van der Waals surface area contributed by atoms with Crippen LogP contribution in [0.4, 0.5) is 18.9 Å². The zero-order chi connectivity index (χ0) is 26.6. The van der Waals surface area contributed by atoms with Gasteiger partial charge >= 0.3 is 18.1 Å². The number of anilines is 1. The number of fused-ring (bicyclic) bond motifs is 1. The lowest BCUT2D eigenvalue weighted by molar-refractivity contribution is -0.142. The van der Waals surface area contributed by atoms with Crippen LogP contribution in [0, 0.1) is 6.92 Å². The van der Waals surface area contributed by atoms with Crippen molar-refractivity contribution >= 4 is 17.6 Å². The number of cyclic esters (lactones) is 1. The monoisotopic (exact) mass is 505 g/mol. The summed E-state index contributed by atoms with van der Waals surface area (Å²) >= 11 is 0. The van der Waals surface area contributed by atoms with Gasteiger partial charge in [-0.15, -0.1) is 0 Å². The molecule has 1 aliphatic heterocycles. The summed E-state index contributed by atoms with van der Waals surface area (Å²) in [4.78, 5) is 24.7. The number of ether oxygens (including phenoxy) is 3. The number of hydrogen-bond acceptors (Lipinski definition) is 6. The smallest absolute Gasteiger partial charge is 0.419 e. The van der Waals surface area contributed by atoms with E-state index in [2.05, 4.69) is 5.32 Å². The van der Waals surface area contributed by atoms with Crippen LogP contribution in [0.3, 0.4) is 0 Å². The Morgan fingerprint density at radius 2 is 1.92 bits per heavy atom. The van der Waals surface area contributed by atoms with Gasteiger partial charge in [0.05, 0.1) is 23.9 Å². The van der Waals surface area contributed by atoms with E-state index in [-0.39, 0.29) is 25.0 Å². The Morgan fingerprint density at radius 3 is 2.56 bits per heavy atom. The summed E-state index contributed by atoms with van der Waals surface area (Å²) in [5.74, 6) is -0.994. The molecule has 2 aromatic carbocycles. The summed E-state index contributed by atoms with van der Waals surface area (Å²) in [6.07, 6.45) is -2.08. The van der Waals surface area contributed by atoms with E-state index in [1.54, 1.807) is 7.11 Å². The van der Waals surface area contributed by atoms with Crippen LogP contribution in [-0.4, -0.2) is 25.1 Å². The van der Waals surface area contributed by atoms with Crippen LogP contribution >= 0.6 is 0 Å². The number of nitrogens with one attached hydrogen (secondary N) is 1. The number of methoxy groups -OCH3 is 1. The molecule has 0 aliphatic carbocycles. The minimum atomic E-state index is -4.62. The van der Waals surface area contributed by atoms with Crippen LogP contribution < -0.4 is 14.8 Å². The molecule has 0 saturated carbocycles. The molecule has 9 heteroatoms. The molecule has 36 heavy (non-hydrogen) atoms. The van der Waals surface area contributed by atoms with Gasteiger partial charge in [-0.3, -0.25) is 4.79 Å². The van der Waals surface area contributed by atoms with Crippen LogP contribution in [0.2, 0.25) is 0 Å². The Hall–Kier alpha value is -3.49. The Labute approximate surface area is 208 Å². The van der Waals surface area contributed by atoms with Crippen molar-refractivity contribution in [2.45, 2.75) is 65.8 Å². The van der Waals surface area contributed by atoms with Crippen molar-refractivity contribution in [3.8, 4) is 11.5 Å². The molecule has 0 radical (unpaired) electrons. The summed E-state index contributed by atoms with van der Waals surface area (Å²) in [6, 6.07) is 4.67. The molecule has 0 amide bonds. The summed E-state index contributed by atoms with van der Waals surface area (Å²) < 4.78 is 55.4. The molecule has 1 heterocycles. The fourth-order valence-corrected chi connectivity index (χ4v) is 4.14. The van der Waals surface area contributed by atoms with E-state index in [0.717, 1.165) is 34.4 Å². The van der Waals surface area contributed by atoms with Crippen molar-refractivity contribution < 1.29 is 37.0 Å². The van der Waals surface area contributed by atoms with Gasteiger partial charge in [-0.1, -0.05) is 23.8 Å². The fraction of sp³-hybridized carbons (Fsp3) is 0.407. The Bertz CT molecular complexity index is 1180. The van der Waals surface area contributed by atoms with Gasteiger partial charge in [0.2, 0.25) is 0 Å². The lowest BCUT2D eigenvalue weighted by Gasteiger charge is -2.22. The third-order valence-corrected chi connectivity index (χ3v) is 5.90. The largest absolute Gasteiger partial charge is 0.496 e. The lowest BCUT2D eigenvalue weighted by atomic mass is 9.93. The van der Waals surface area contributed by atoms with Crippen molar-refractivity contribution in [1.29, 1.82) is 0 Å². The number of benzene rings is 2. The highest BCUT2D eigenvalue weighted by Crippen LogP contribution is 2.42. The van der Waals surface area contributed by atoms with Gasteiger partial charge in [0.1, 0.15) is 18.1 Å². The molecule has 0 spiro atoms. The maximum absolute atomic E-state index is 13.1. The van der Waals surface area contributed by atoms with Crippen LogP contribution in [-0.2, 0) is 28.7 Å². The van der Waals surface area contributed by atoms with Crippen LogP contribution in [0.15, 0.2) is 35.9 Å². The number of alkyl halides is 3. The lowest BCUT2D eigenvalue weighted by Crippen LogP contribution is -2.16. The first-order valence-electron chi connectivity index (χ1n) is 11.6. The minimum absolute atomic E-state index is 0.0492. The van der Waals surface area contributed by atoms with Crippen molar-refractivity contribution in [1.82, 2.24) is 0 Å². The molecule has 1 aliphatic rings. The van der Waals surface area contributed by atoms with Crippen molar-refractivity contribution in [2.75, 3.05) is 12.4 Å². The second-order valence-corrected chi connectivity index (χ2v) is 8.96. The highest BCUT2D eigenvalue weighted by atomic mass is 19.4. The van der Waals surface area contributed by atoms with E-state index < -0.39 is 23.5 Å². The van der Waals surface area contributed by atoms with Gasteiger partial charge in [-0.25, -0.2) is 4.79 Å². The minimum Gasteiger partial charge on any atom is -0.496 e. The van der Waals surface area contributed by atoms with Crippen LogP contribution in [0.25, 0.3) is 0 Å². The summed E-state index contributed by atoms with van der Waals surface area (Å²) in [5, 5.41) is 3.35. The highest BCUT2D eigenvalue weighted by molar-refractivity contribution is 6.01. The molecular weight excluding hydrogens is 475 g/mol. The Balaban J connectivity index is 1.77. The van der Waals surface area contributed by atoms with E-state index in [9.17, 15) is 22.8 Å². The molecule has 3 rings (SSSR count). The Morgan fingerprint density at radius 1 is 1.22 bits per heavy atom. The third kappa shape index (κ3) is 6.01. The number of halogens is 3. The molecule has 0 unspecified atom stereocenters. The molecule has 0 atom stereocenters. The standard InChI is InChI=1S/C27H30F3NO5/c1-15(2)31-24-18(25(34-5)17(4)19-14-35-26(33)23(19)24)12-10-16(3)11-13-22(32)36-21-9-7-6-8-20(21)27(28,29)30/h6-10,15,31H,11-14H2,1-5H3/b16-10+. The molecule has 194 valence electrons. The molecule has 1 N–H and O–H groups in total. The second-order valence-electron chi connectivity index (χ2n) is 8.96. The maximum atomic E-state index is 13.1. The second kappa shape index (κ2) is 11.1. The normalized spacial score (nSPS) is 13.5. The quantitative estimate of drug-likeness (QED) is 0.242. The highest BCUT2D eigenvalue weighted by Gasteiger charge is 2.35. The van der Waals surface area contributed by atoms with Crippen LogP contribution in [0.1, 0.15) is 66.2 Å².